The van der Waals surface area contributed by atoms with Gasteiger partial charge in [0, 0.05) is 22.7 Å². The Morgan fingerprint density at radius 2 is 2.06 bits per heavy atom. The molecule has 2 rings (SSSR count). The van der Waals surface area contributed by atoms with E-state index >= 15 is 0 Å². The van der Waals surface area contributed by atoms with E-state index in [2.05, 4.69) is 4.98 Å². The van der Waals surface area contributed by atoms with Crippen LogP contribution in [0.4, 0.5) is 0 Å². The van der Waals surface area contributed by atoms with E-state index in [1.807, 2.05) is 24.5 Å². The standard InChI is InChI=1S/C13H15Cl2N3/c1-13(2,16)7-18-8-17-6-12(18)10-5-9(14)3-4-11(10)15/h3-6,8H,7,16H2,1-2H3. The summed E-state index contributed by atoms with van der Waals surface area (Å²) in [5.74, 6) is 0. The number of hydrogen-bond acceptors (Lipinski definition) is 2. The molecular formula is C13H15Cl2N3. The highest BCUT2D eigenvalue weighted by Gasteiger charge is 2.16. The molecule has 3 nitrogen and oxygen atoms in total. The van der Waals surface area contributed by atoms with E-state index in [9.17, 15) is 0 Å². The van der Waals surface area contributed by atoms with Crippen molar-refractivity contribution in [2.45, 2.75) is 25.9 Å². The van der Waals surface area contributed by atoms with Gasteiger partial charge in [-0.05, 0) is 32.0 Å². The van der Waals surface area contributed by atoms with Crippen molar-refractivity contribution in [2.24, 2.45) is 5.73 Å². The largest absolute Gasteiger partial charge is 0.329 e. The second kappa shape index (κ2) is 4.92. The van der Waals surface area contributed by atoms with E-state index in [-0.39, 0.29) is 5.54 Å². The monoisotopic (exact) mass is 283 g/mol. The molecule has 0 spiro atoms. The highest BCUT2D eigenvalue weighted by atomic mass is 35.5. The molecule has 0 radical (unpaired) electrons. The van der Waals surface area contributed by atoms with Gasteiger partial charge in [0.05, 0.1) is 23.2 Å². The number of nitrogens with two attached hydrogens (primary N) is 1. The fourth-order valence-electron chi connectivity index (χ4n) is 1.80. The van der Waals surface area contributed by atoms with E-state index in [1.165, 1.54) is 0 Å². The number of benzene rings is 1. The molecule has 1 aromatic carbocycles. The lowest BCUT2D eigenvalue weighted by molar-refractivity contribution is 0.436. The predicted octanol–water partition coefficient (Wildman–Crippen LogP) is 3.59. The van der Waals surface area contributed by atoms with Crippen LogP contribution < -0.4 is 5.73 Å². The Hall–Kier alpha value is -1.03. The highest BCUT2D eigenvalue weighted by molar-refractivity contribution is 6.35. The Morgan fingerprint density at radius 1 is 1.33 bits per heavy atom. The normalized spacial score (nSPS) is 11.8. The van der Waals surface area contributed by atoms with Crippen LogP contribution in [0.2, 0.25) is 10.0 Å². The van der Waals surface area contributed by atoms with E-state index in [0.29, 0.717) is 16.6 Å². The lowest BCUT2D eigenvalue weighted by atomic mass is 10.1. The molecule has 0 aliphatic heterocycles. The predicted molar refractivity (Wildman–Crippen MR) is 75.9 cm³/mol. The van der Waals surface area contributed by atoms with Gasteiger partial charge in [-0.15, -0.1) is 0 Å². The van der Waals surface area contributed by atoms with Crippen molar-refractivity contribution in [3.63, 3.8) is 0 Å². The minimum absolute atomic E-state index is 0.319. The van der Waals surface area contributed by atoms with Crippen molar-refractivity contribution in [1.29, 1.82) is 0 Å². The fraction of sp³-hybridized carbons (Fsp3) is 0.308. The van der Waals surface area contributed by atoms with Gasteiger partial charge in [0.2, 0.25) is 0 Å². The molecule has 0 aliphatic carbocycles. The first kappa shape index (κ1) is 13.4. The highest BCUT2D eigenvalue weighted by Crippen LogP contribution is 2.30. The summed E-state index contributed by atoms with van der Waals surface area (Å²) in [4.78, 5) is 4.16. The van der Waals surface area contributed by atoms with Crippen LogP contribution in [-0.4, -0.2) is 15.1 Å². The van der Waals surface area contributed by atoms with E-state index in [1.54, 1.807) is 24.7 Å². The van der Waals surface area contributed by atoms with Crippen LogP contribution in [0, 0.1) is 0 Å². The van der Waals surface area contributed by atoms with Crippen molar-refractivity contribution in [3.05, 3.63) is 40.8 Å². The summed E-state index contributed by atoms with van der Waals surface area (Å²) in [6.07, 6.45) is 3.52. The molecular weight excluding hydrogens is 269 g/mol. The van der Waals surface area contributed by atoms with Gasteiger partial charge in [0.15, 0.2) is 0 Å². The third-order valence-corrected chi connectivity index (χ3v) is 3.06. The topological polar surface area (TPSA) is 43.8 Å². The van der Waals surface area contributed by atoms with E-state index in [0.717, 1.165) is 11.3 Å². The average molecular weight is 284 g/mol. The summed E-state index contributed by atoms with van der Waals surface area (Å²) >= 11 is 12.2. The van der Waals surface area contributed by atoms with Gasteiger partial charge in [0.25, 0.3) is 0 Å². The van der Waals surface area contributed by atoms with Crippen LogP contribution in [0.15, 0.2) is 30.7 Å². The van der Waals surface area contributed by atoms with Gasteiger partial charge >= 0.3 is 0 Å². The van der Waals surface area contributed by atoms with Gasteiger partial charge in [-0.25, -0.2) is 4.98 Å². The Kier molecular flexibility index (Phi) is 3.66. The van der Waals surface area contributed by atoms with Crippen molar-refractivity contribution in [1.82, 2.24) is 9.55 Å². The summed E-state index contributed by atoms with van der Waals surface area (Å²) < 4.78 is 1.98. The third-order valence-electron chi connectivity index (χ3n) is 2.49. The molecule has 0 bridgehead atoms. The summed E-state index contributed by atoms with van der Waals surface area (Å²) in [5.41, 5.74) is 7.50. The molecule has 0 fully saturated rings. The number of aromatic nitrogens is 2. The molecule has 0 aliphatic rings. The summed E-state index contributed by atoms with van der Waals surface area (Å²) in [5, 5.41) is 1.30. The Morgan fingerprint density at radius 3 is 2.72 bits per heavy atom. The van der Waals surface area contributed by atoms with Gasteiger partial charge in [-0.2, -0.15) is 0 Å². The zero-order valence-corrected chi connectivity index (χ0v) is 11.8. The third kappa shape index (κ3) is 3.05. The SMILES string of the molecule is CC(C)(N)Cn1cncc1-c1cc(Cl)ccc1Cl. The average Bonchev–Trinajstić information content (AvgIpc) is 2.67. The van der Waals surface area contributed by atoms with E-state index < -0.39 is 0 Å². The van der Waals surface area contributed by atoms with Crippen molar-refractivity contribution >= 4 is 23.2 Å². The first-order chi connectivity index (χ1) is 8.37. The molecule has 96 valence electrons. The molecule has 2 aromatic rings. The van der Waals surface area contributed by atoms with Crippen molar-refractivity contribution in [2.75, 3.05) is 0 Å². The van der Waals surface area contributed by atoms with Crippen LogP contribution in [-0.2, 0) is 6.54 Å². The lowest BCUT2D eigenvalue weighted by Gasteiger charge is -2.21. The van der Waals surface area contributed by atoms with Gasteiger partial charge in [-0.1, -0.05) is 23.2 Å². The maximum absolute atomic E-state index is 6.20. The van der Waals surface area contributed by atoms with Crippen LogP contribution >= 0.6 is 23.2 Å². The maximum atomic E-state index is 6.20. The molecule has 18 heavy (non-hydrogen) atoms. The van der Waals surface area contributed by atoms with Gasteiger partial charge in [-0.3, -0.25) is 0 Å². The van der Waals surface area contributed by atoms with Crippen LogP contribution in [0.3, 0.4) is 0 Å². The van der Waals surface area contributed by atoms with Crippen molar-refractivity contribution < 1.29 is 0 Å². The second-order valence-electron chi connectivity index (χ2n) is 5.02. The van der Waals surface area contributed by atoms with Gasteiger partial charge in [0.1, 0.15) is 0 Å². The van der Waals surface area contributed by atoms with E-state index in [4.69, 9.17) is 28.9 Å². The van der Waals surface area contributed by atoms with Crippen LogP contribution in [0.1, 0.15) is 13.8 Å². The first-order valence-corrected chi connectivity index (χ1v) is 6.37. The van der Waals surface area contributed by atoms with Crippen molar-refractivity contribution in [3.8, 4) is 11.3 Å². The molecule has 0 atom stereocenters. The number of halogens is 2. The zero-order chi connectivity index (χ0) is 13.3. The molecule has 0 saturated carbocycles. The Labute approximate surface area is 117 Å². The number of nitrogens with zero attached hydrogens (tertiary/aromatic N) is 2. The summed E-state index contributed by atoms with van der Waals surface area (Å²) in [6.45, 7) is 4.60. The fourth-order valence-corrected chi connectivity index (χ4v) is 2.19. The number of imidazole rings is 1. The minimum Gasteiger partial charge on any atom is -0.329 e. The quantitative estimate of drug-likeness (QED) is 0.936. The van der Waals surface area contributed by atoms with Crippen LogP contribution in [0.5, 0.6) is 0 Å². The molecule has 0 amide bonds. The molecule has 1 heterocycles. The zero-order valence-electron chi connectivity index (χ0n) is 10.3. The summed E-state index contributed by atoms with van der Waals surface area (Å²) in [7, 11) is 0. The molecule has 0 saturated heterocycles. The van der Waals surface area contributed by atoms with Gasteiger partial charge < -0.3 is 10.3 Å². The maximum Gasteiger partial charge on any atom is 0.0951 e. The summed E-state index contributed by atoms with van der Waals surface area (Å²) in [6, 6.07) is 5.38. The minimum atomic E-state index is -0.319. The second-order valence-corrected chi connectivity index (χ2v) is 5.86. The number of rotatable bonds is 3. The molecule has 5 heteroatoms. The van der Waals surface area contributed by atoms with Crippen LogP contribution in [0.25, 0.3) is 11.3 Å². The molecule has 0 unspecified atom stereocenters. The Bertz CT molecular complexity index is 556. The molecule has 2 N–H and O–H groups in total. The Balaban J connectivity index is 2.45. The smallest absolute Gasteiger partial charge is 0.0951 e. The molecule has 1 aromatic heterocycles. The lowest BCUT2D eigenvalue weighted by Crippen LogP contribution is -2.37. The number of hydrogen-bond donors (Lipinski definition) is 1. The first-order valence-electron chi connectivity index (χ1n) is 5.61.